The van der Waals surface area contributed by atoms with Crippen LogP contribution in [0.25, 0.3) is 0 Å². The molecule has 0 aromatic carbocycles. The summed E-state index contributed by atoms with van der Waals surface area (Å²) in [4.78, 5) is 45.7. The van der Waals surface area contributed by atoms with E-state index in [4.69, 9.17) is 4.74 Å². The number of nitrogens with one attached hydrogen (secondary N) is 2. The fourth-order valence-corrected chi connectivity index (χ4v) is 4.95. The molecule has 0 saturated carbocycles. The van der Waals surface area contributed by atoms with Crippen LogP contribution >= 0.6 is 0 Å². The van der Waals surface area contributed by atoms with Gasteiger partial charge in [-0.25, -0.2) is 10.9 Å². The number of pyridine rings is 1. The van der Waals surface area contributed by atoms with E-state index in [2.05, 4.69) is 15.8 Å². The maximum atomic E-state index is 13.0. The summed E-state index contributed by atoms with van der Waals surface area (Å²) in [7, 11) is 0. The van der Waals surface area contributed by atoms with Crippen molar-refractivity contribution in [1.29, 1.82) is 0 Å². The minimum atomic E-state index is -0.262. The molecule has 9 heteroatoms. The van der Waals surface area contributed by atoms with E-state index in [-0.39, 0.29) is 41.7 Å². The number of nitrogens with zero attached hydrogens (tertiary/aromatic N) is 3. The largest absolute Gasteiger partial charge is 0.466 e. The zero-order valence-corrected chi connectivity index (χ0v) is 18.7. The summed E-state index contributed by atoms with van der Waals surface area (Å²) in [6.07, 6.45) is 6.92. The number of hydrogen-bond acceptors (Lipinski definition) is 7. The van der Waals surface area contributed by atoms with Gasteiger partial charge in [0.05, 0.1) is 12.5 Å². The standard InChI is InChI=1S/C23H33N5O4/c1-2-32-23(31)18-7-13-27(14-8-18)21(29)17-5-11-28(12-6-17)22(30)20-15-19(25-26-20)16-3-9-24-10-4-16/h3-4,9-10,17-20,25-26H,2,5-8,11-15H2,1H3. The predicted molar refractivity (Wildman–Crippen MR) is 117 cm³/mol. The van der Waals surface area contributed by atoms with E-state index in [1.807, 2.05) is 28.9 Å². The molecule has 174 valence electrons. The van der Waals surface area contributed by atoms with E-state index in [1.54, 1.807) is 12.4 Å². The van der Waals surface area contributed by atoms with Gasteiger partial charge in [-0.15, -0.1) is 0 Å². The first-order chi connectivity index (χ1) is 15.6. The quantitative estimate of drug-likeness (QED) is 0.655. The second kappa shape index (κ2) is 10.4. The third-order valence-electron chi connectivity index (χ3n) is 6.89. The number of piperidine rings is 2. The molecule has 3 aliphatic rings. The normalized spacial score (nSPS) is 25.0. The van der Waals surface area contributed by atoms with Gasteiger partial charge in [0.2, 0.25) is 11.8 Å². The molecule has 2 unspecified atom stereocenters. The molecule has 0 bridgehead atoms. The number of likely N-dealkylation sites (tertiary alicyclic amines) is 2. The molecule has 1 aromatic rings. The smallest absolute Gasteiger partial charge is 0.309 e. The van der Waals surface area contributed by atoms with Gasteiger partial charge in [-0.2, -0.15) is 0 Å². The van der Waals surface area contributed by atoms with Gasteiger partial charge in [-0.05, 0) is 56.7 Å². The Morgan fingerprint density at radius 1 is 0.938 bits per heavy atom. The summed E-state index contributed by atoms with van der Waals surface area (Å²) in [5.74, 6) is -0.0278. The average molecular weight is 444 g/mol. The molecule has 3 saturated heterocycles. The number of rotatable bonds is 5. The predicted octanol–water partition coefficient (Wildman–Crippen LogP) is 1.03. The van der Waals surface area contributed by atoms with Gasteiger partial charge in [0.15, 0.2) is 0 Å². The maximum absolute atomic E-state index is 13.0. The highest BCUT2D eigenvalue weighted by molar-refractivity contribution is 5.83. The molecule has 0 radical (unpaired) electrons. The number of hydrogen-bond donors (Lipinski definition) is 2. The molecule has 2 amide bonds. The van der Waals surface area contributed by atoms with Crippen molar-refractivity contribution in [2.45, 2.75) is 51.1 Å². The summed E-state index contributed by atoms with van der Waals surface area (Å²) in [6.45, 7) is 4.63. The van der Waals surface area contributed by atoms with Crippen LogP contribution < -0.4 is 10.9 Å². The molecule has 4 heterocycles. The van der Waals surface area contributed by atoms with Gasteiger partial charge in [0.25, 0.3) is 0 Å². The Kier molecular flexibility index (Phi) is 7.36. The Labute approximate surface area is 188 Å². The Morgan fingerprint density at radius 2 is 1.53 bits per heavy atom. The number of carbonyl (C=O) groups is 3. The second-order valence-electron chi connectivity index (χ2n) is 8.86. The molecule has 2 atom stereocenters. The van der Waals surface area contributed by atoms with Crippen molar-refractivity contribution < 1.29 is 19.1 Å². The summed E-state index contributed by atoms with van der Waals surface area (Å²) in [5, 5.41) is 0. The van der Waals surface area contributed by atoms with E-state index in [0.29, 0.717) is 64.9 Å². The molecular formula is C23H33N5O4. The lowest BCUT2D eigenvalue weighted by molar-refractivity contribution is -0.152. The number of amides is 2. The highest BCUT2D eigenvalue weighted by Crippen LogP contribution is 2.27. The fraction of sp³-hybridized carbons (Fsp3) is 0.652. The van der Waals surface area contributed by atoms with E-state index in [0.717, 1.165) is 5.56 Å². The lowest BCUT2D eigenvalue weighted by Gasteiger charge is -2.37. The second-order valence-corrected chi connectivity index (χ2v) is 8.86. The number of ether oxygens (including phenoxy) is 1. The number of carbonyl (C=O) groups excluding carboxylic acids is 3. The van der Waals surface area contributed by atoms with Crippen LogP contribution in [0.4, 0.5) is 0 Å². The van der Waals surface area contributed by atoms with Crippen molar-refractivity contribution in [1.82, 2.24) is 25.6 Å². The molecule has 0 spiro atoms. The van der Waals surface area contributed by atoms with E-state index < -0.39 is 0 Å². The van der Waals surface area contributed by atoms with Crippen LogP contribution in [0.3, 0.4) is 0 Å². The van der Waals surface area contributed by atoms with Crippen LogP contribution in [-0.2, 0) is 19.1 Å². The van der Waals surface area contributed by atoms with Crippen LogP contribution in [0.2, 0.25) is 0 Å². The van der Waals surface area contributed by atoms with Crippen LogP contribution in [0.15, 0.2) is 24.5 Å². The van der Waals surface area contributed by atoms with Crippen LogP contribution in [0, 0.1) is 11.8 Å². The molecule has 3 fully saturated rings. The molecule has 9 nitrogen and oxygen atoms in total. The zero-order valence-electron chi connectivity index (χ0n) is 18.7. The van der Waals surface area contributed by atoms with Gasteiger partial charge in [-0.1, -0.05) is 0 Å². The topological polar surface area (TPSA) is 104 Å². The lowest BCUT2D eigenvalue weighted by Crippen LogP contribution is -2.51. The van der Waals surface area contributed by atoms with Gasteiger partial charge in [0.1, 0.15) is 6.04 Å². The van der Waals surface area contributed by atoms with E-state index >= 15 is 0 Å². The fourth-order valence-electron chi connectivity index (χ4n) is 4.95. The highest BCUT2D eigenvalue weighted by atomic mass is 16.5. The minimum absolute atomic E-state index is 0.0441. The molecule has 32 heavy (non-hydrogen) atoms. The van der Waals surface area contributed by atoms with Crippen LogP contribution in [-0.4, -0.2) is 71.4 Å². The van der Waals surface area contributed by atoms with Crippen molar-refractivity contribution in [2.75, 3.05) is 32.8 Å². The SMILES string of the molecule is CCOC(=O)C1CCN(C(=O)C2CCN(C(=O)C3CC(c4ccncc4)NN3)CC2)CC1. The van der Waals surface area contributed by atoms with Crippen LogP contribution in [0.5, 0.6) is 0 Å². The maximum Gasteiger partial charge on any atom is 0.309 e. The molecule has 4 rings (SSSR count). The molecule has 1 aromatic heterocycles. The summed E-state index contributed by atoms with van der Waals surface area (Å²) in [6, 6.07) is 3.74. The third-order valence-corrected chi connectivity index (χ3v) is 6.89. The first kappa shape index (κ1) is 22.7. The minimum Gasteiger partial charge on any atom is -0.466 e. The number of hydrazine groups is 1. The Balaban J connectivity index is 1.22. The van der Waals surface area contributed by atoms with Crippen molar-refractivity contribution >= 4 is 17.8 Å². The van der Waals surface area contributed by atoms with Gasteiger partial charge < -0.3 is 14.5 Å². The van der Waals surface area contributed by atoms with Crippen molar-refractivity contribution in [3.05, 3.63) is 30.1 Å². The highest BCUT2D eigenvalue weighted by Gasteiger charge is 2.37. The summed E-state index contributed by atoms with van der Waals surface area (Å²) >= 11 is 0. The zero-order chi connectivity index (χ0) is 22.5. The monoisotopic (exact) mass is 443 g/mol. The number of esters is 1. The van der Waals surface area contributed by atoms with Gasteiger partial charge in [-0.3, -0.25) is 19.4 Å². The first-order valence-corrected chi connectivity index (χ1v) is 11.7. The Bertz CT molecular complexity index is 804. The summed E-state index contributed by atoms with van der Waals surface area (Å²) in [5.41, 5.74) is 7.46. The Hall–Kier alpha value is -2.52. The third kappa shape index (κ3) is 5.10. The molecule has 0 aliphatic carbocycles. The molecule has 3 aliphatic heterocycles. The van der Waals surface area contributed by atoms with Crippen molar-refractivity contribution in [2.24, 2.45) is 11.8 Å². The first-order valence-electron chi connectivity index (χ1n) is 11.7. The number of aromatic nitrogens is 1. The lowest BCUT2D eigenvalue weighted by atomic mass is 9.91. The van der Waals surface area contributed by atoms with Crippen molar-refractivity contribution in [3.8, 4) is 0 Å². The summed E-state index contributed by atoms with van der Waals surface area (Å²) < 4.78 is 5.11. The Morgan fingerprint density at radius 3 is 2.16 bits per heavy atom. The van der Waals surface area contributed by atoms with Crippen LogP contribution in [0.1, 0.15) is 50.6 Å². The van der Waals surface area contributed by atoms with Gasteiger partial charge in [0, 0.05) is 50.5 Å². The molecular weight excluding hydrogens is 410 g/mol. The molecule has 2 N–H and O–H groups in total. The van der Waals surface area contributed by atoms with Crippen molar-refractivity contribution in [3.63, 3.8) is 0 Å². The van der Waals surface area contributed by atoms with E-state index in [1.165, 1.54) is 0 Å². The average Bonchev–Trinajstić information content (AvgIpc) is 3.34. The van der Waals surface area contributed by atoms with E-state index in [9.17, 15) is 14.4 Å². The van der Waals surface area contributed by atoms with Gasteiger partial charge >= 0.3 is 5.97 Å².